The van der Waals surface area contributed by atoms with Gasteiger partial charge in [0.15, 0.2) is 0 Å². The van der Waals surface area contributed by atoms with Crippen molar-refractivity contribution in [2.75, 3.05) is 0 Å². The molecule has 3 aromatic heterocycles. The summed E-state index contributed by atoms with van der Waals surface area (Å²) >= 11 is 0. The normalized spacial score (nSPS) is 12.6. The van der Waals surface area contributed by atoms with Crippen LogP contribution in [-0.2, 0) is 0 Å². The number of hydrogen-bond donors (Lipinski definition) is 1. The van der Waals surface area contributed by atoms with Crippen LogP contribution in [0.3, 0.4) is 0 Å². The predicted molar refractivity (Wildman–Crippen MR) is 209 cm³/mol. The summed E-state index contributed by atoms with van der Waals surface area (Å²) in [6.07, 6.45) is 11.5. The number of H-pyrrole nitrogens is 1. The second-order valence-corrected chi connectivity index (χ2v) is 12.8. The molecule has 240 valence electrons. The fourth-order valence-corrected chi connectivity index (χ4v) is 6.60. The number of allylic oxidation sites excluding steroid dienone is 6. The Bertz CT molecular complexity index is 2390. The third kappa shape index (κ3) is 6.28. The maximum absolute atomic E-state index is 4.95. The van der Waals surface area contributed by atoms with Gasteiger partial charge in [0.05, 0.1) is 11.4 Å². The van der Waals surface area contributed by atoms with Crippen LogP contribution in [0.1, 0.15) is 45.4 Å². The highest BCUT2D eigenvalue weighted by Crippen LogP contribution is 2.45. The van der Waals surface area contributed by atoms with Gasteiger partial charge in [0.25, 0.3) is 0 Å². The fourth-order valence-electron chi connectivity index (χ4n) is 6.60. The van der Waals surface area contributed by atoms with Gasteiger partial charge in [0.2, 0.25) is 0 Å². The lowest BCUT2D eigenvalue weighted by atomic mass is 9.86. The molecule has 3 nitrogen and oxygen atoms in total. The molecule has 0 spiro atoms. The topological polar surface area (TPSA) is 41.6 Å². The van der Waals surface area contributed by atoms with Gasteiger partial charge in [-0.3, -0.25) is 9.97 Å². The van der Waals surface area contributed by atoms with Gasteiger partial charge in [-0.05, 0) is 119 Å². The lowest BCUT2D eigenvalue weighted by Gasteiger charge is -2.18. The lowest BCUT2D eigenvalue weighted by Crippen LogP contribution is -1.94. The van der Waals surface area contributed by atoms with Crippen LogP contribution in [0.5, 0.6) is 0 Å². The summed E-state index contributed by atoms with van der Waals surface area (Å²) in [4.78, 5) is 13.4. The van der Waals surface area contributed by atoms with Crippen molar-refractivity contribution in [3.05, 3.63) is 162 Å². The number of nitrogens with one attached hydrogen (secondary N) is 1. The summed E-state index contributed by atoms with van der Waals surface area (Å²) in [6, 6.07) is 39.1. The second kappa shape index (κ2) is 13.7. The number of aromatic amines is 1. The number of rotatable bonds is 8. The zero-order chi connectivity index (χ0) is 33.9. The van der Waals surface area contributed by atoms with Crippen LogP contribution in [0.2, 0.25) is 0 Å². The highest BCUT2D eigenvalue weighted by Gasteiger charge is 2.19. The third-order valence-corrected chi connectivity index (χ3v) is 9.67. The van der Waals surface area contributed by atoms with Crippen molar-refractivity contribution < 1.29 is 0 Å². The van der Waals surface area contributed by atoms with Crippen LogP contribution < -0.4 is 0 Å². The lowest BCUT2D eigenvalue weighted by molar-refractivity contribution is 1.10. The van der Waals surface area contributed by atoms with Gasteiger partial charge in [0.1, 0.15) is 0 Å². The molecule has 0 aliphatic heterocycles. The Hall–Kier alpha value is -5.80. The zero-order valence-corrected chi connectivity index (χ0v) is 28.9. The molecule has 0 saturated carbocycles. The van der Waals surface area contributed by atoms with Crippen molar-refractivity contribution in [1.82, 2.24) is 15.0 Å². The molecule has 4 aromatic carbocycles. The molecule has 0 atom stereocenters. The van der Waals surface area contributed by atoms with Crippen molar-refractivity contribution in [2.45, 2.75) is 41.0 Å². The van der Waals surface area contributed by atoms with E-state index in [4.69, 9.17) is 4.98 Å². The van der Waals surface area contributed by atoms with Gasteiger partial charge in [-0.15, -0.1) is 0 Å². The molecule has 1 N–H and O–H groups in total. The van der Waals surface area contributed by atoms with Crippen molar-refractivity contribution >= 4 is 27.1 Å². The van der Waals surface area contributed by atoms with Crippen LogP contribution in [0.4, 0.5) is 0 Å². The number of fused-ring (bicyclic) bond motifs is 2. The van der Waals surface area contributed by atoms with Crippen molar-refractivity contribution in [3.63, 3.8) is 0 Å². The smallest absolute Gasteiger partial charge is 0.0915 e. The molecule has 0 aliphatic rings. The molecule has 0 saturated heterocycles. The predicted octanol–water partition coefficient (Wildman–Crippen LogP) is 12.8. The van der Waals surface area contributed by atoms with Gasteiger partial charge in [-0.25, -0.2) is 0 Å². The summed E-state index contributed by atoms with van der Waals surface area (Å²) < 4.78 is 0. The Morgan fingerprint density at radius 1 is 0.673 bits per heavy atom. The molecule has 7 aromatic rings. The third-order valence-electron chi connectivity index (χ3n) is 9.67. The second-order valence-electron chi connectivity index (χ2n) is 12.8. The van der Waals surface area contributed by atoms with Crippen LogP contribution in [-0.4, -0.2) is 15.0 Å². The molecular formula is C46H41N3. The van der Waals surface area contributed by atoms with Gasteiger partial charge in [-0.1, -0.05) is 110 Å². The molecule has 0 unspecified atom stereocenters. The average Bonchev–Trinajstić information content (AvgIpc) is 3.63. The average molecular weight is 636 g/mol. The first-order valence-electron chi connectivity index (χ1n) is 17.1. The number of nitrogens with zero attached hydrogens (tertiary/aromatic N) is 2. The van der Waals surface area contributed by atoms with Crippen molar-refractivity contribution in [2.24, 2.45) is 0 Å². The first kappa shape index (κ1) is 31.8. The minimum absolute atomic E-state index is 0.876. The molecule has 7 rings (SSSR count). The summed E-state index contributed by atoms with van der Waals surface area (Å²) in [6.45, 7) is 10.8. The summed E-state index contributed by atoms with van der Waals surface area (Å²) in [5.74, 6) is 0. The van der Waals surface area contributed by atoms with E-state index in [0.717, 1.165) is 40.3 Å². The summed E-state index contributed by atoms with van der Waals surface area (Å²) in [5.41, 5.74) is 14.8. The number of aromatic nitrogens is 3. The van der Waals surface area contributed by atoms with Gasteiger partial charge in [0, 0.05) is 34.9 Å². The van der Waals surface area contributed by atoms with E-state index in [-0.39, 0.29) is 0 Å². The number of aryl methyl sites for hydroxylation is 1. The van der Waals surface area contributed by atoms with Gasteiger partial charge < -0.3 is 4.98 Å². The fraction of sp³-hybridized carbons (Fsp3) is 0.130. The first-order chi connectivity index (χ1) is 23.9. The summed E-state index contributed by atoms with van der Waals surface area (Å²) in [5, 5.41) is 4.79. The number of benzene rings is 4. The van der Waals surface area contributed by atoms with Crippen LogP contribution in [0.15, 0.2) is 151 Å². The summed E-state index contributed by atoms with van der Waals surface area (Å²) in [7, 11) is 0. The Morgan fingerprint density at radius 2 is 1.41 bits per heavy atom. The number of pyridine rings is 2. The molecule has 0 aliphatic carbocycles. The van der Waals surface area contributed by atoms with Gasteiger partial charge >= 0.3 is 0 Å². The van der Waals surface area contributed by atoms with E-state index in [1.807, 2.05) is 18.5 Å². The van der Waals surface area contributed by atoms with Crippen LogP contribution in [0, 0.1) is 6.92 Å². The Balaban J connectivity index is 1.43. The van der Waals surface area contributed by atoms with E-state index >= 15 is 0 Å². The molecule has 0 amide bonds. The molecule has 49 heavy (non-hydrogen) atoms. The zero-order valence-electron chi connectivity index (χ0n) is 28.9. The standard InChI is InChI=1S/C46H41N3/c1-6-30(2)14-12-15-31(3)33(5)41-25-26-42(49-41)45-38-20-11-10-19-37(38)44(36-22-24-43(48-29-36)46-32(4)16-13-27-47-46)40-28-35(21-23-39(40)45)34-17-8-7-9-18-34/h7-29,49H,6H2,1-5H3/b15-12-,30-14+,33-31+. The maximum Gasteiger partial charge on any atom is 0.0915 e. The monoisotopic (exact) mass is 635 g/mol. The maximum atomic E-state index is 4.95. The Kier molecular flexibility index (Phi) is 8.91. The molecule has 0 fully saturated rings. The van der Waals surface area contributed by atoms with Gasteiger partial charge in [-0.2, -0.15) is 0 Å². The molecule has 0 radical (unpaired) electrons. The highest BCUT2D eigenvalue weighted by atomic mass is 14.8. The molecule has 3 heterocycles. The Morgan fingerprint density at radius 3 is 2.14 bits per heavy atom. The van der Waals surface area contributed by atoms with E-state index in [2.05, 4.69) is 166 Å². The quantitative estimate of drug-likeness (QED) is 0.133. The SMILES string of the molecule is CC/C(C)=C/C=C\C(C)=C(/C)c1ccc(-c2c3ccccc3c(-c3ccc(-c4ncccc4C)nc3)c3cc(-c4ccccc4)ccc23)[nH]1. The van der Waals surface area contributed by atoms with Crippen molar-refractivity contribution in [3.8, 4) is 44.9 Å². The molecule has 3 heteroatoms. The minimum atomic E-state index is 0.876. The first-order valence-corrected chi connectivity index (χ1v) is 17.1. The van der Waals surface area contributed by atoms with E-state index in [1.165, 1.54) is 60.5 Å². The molecule has 0 bridgehead atoms. The van der Waals surface area contributed by atoms with Crippen LogP contribution in [0.25, 0.3) is 72.0 Å². The number of hydrogen-bond acceptors (Lipinski definition) is 2. The molecular weight excluding hydrogens is 595 g/mol. The van der Waals surface area contributed by atoms with Crippen LogP contribution >= 0.6 is 0 Å². The minimum Gasteiger partial charge on any atom is -0.355 e. The largest absolute Gasteiger partial charge is 0.355 e. The van der Waals surface area contributed by atoms with E-state index in [0.29, 0.717) is 0 Å². The van der Waals surface area contributed by atoms with E-state index in [1.54, 1.807) is 0 Å². The van der Waals surface area contributed by atoms with Crippen molar-refractivity contribution in [1.29, 1.82) is 0 Å². The van der Waals surface area contributed by atoms with E-state index < -0.39 is 0 Å². The van der Waals surface area contributed by atoms with E-state index in [9.17, 15) is 0 Å². The highest BCUT2D eigenvalue weighted by molar-refractivity contribution is 6.21. The Labute approximate surface area is 289 Å².